The maximum Gasteiger partial charge on any atom is 0.263 e. The van der Waals surface area contributed by atoms with E-state index in [1.165, 1.54) is 0 Å². The van der Waals surface area contributed by atoms with Crippen molar-refractivity contribution in [1.82, 2.24) is 10.3 Å². The van der Waals surface area contributed by atoms with Crippen LogP contribution in [-0.2, 0) is 4.79 Å². The Kier molecular flexibility index (Phi) is 3.33. The molecule has 0 saturated carbocycles. The number of benzene rings is 1. The monoisotopic (exact) mass is 276 g/mol. The van der Waals surface area contributed by atoms with Gasteiger partial charge in [-0.05, 0) is 24.3 Å². The van der Waals surface area contributed by atoms with Crippen LogP contribution in [-0.4, -0.2) is 40.7 Å². The smallest absolute Gasteiger partial charge is 0.263 e. The molecule has 2 aliphatic heterocycles. The van der Waals surface area contributed by atoms with Crippen LogP contribution in [0, 0.1) is 0 Å². The number of thioether (sulfide) groups is 1. The maximum atomic E-state index is 11.9. The highest BCUT2D eigenvalue weighted by Gasteiger charge is 2.33. The molecule has 3 rings (SSSR count). The summed E-state index contributed by atoms with van der Waals surface area (Å²) < 4.78 is 0. The lowest BCUT2D eigenvalue weighted by atomic mass is 10.1. The van der Waals surface area contributed by atoms with Gasteiger partial charge >= 0.3 is 0 Å². The second-order valence-electron chi connectivity index (χ2n) is 4.67. The number of rotatable bonds is 1. The molecule has 1 fully saturated rings. The van der Waals surface area contributed by atoms with Crippen LogP contribution in [0.1, 0.15) is 12.0 Å². The van der Waals surface area contributed by atoms with Crippen LogP contribution in [0.25, 0.3) is 0 Å². The molecule has 1 unspecified atom stereocenters. The van der Waals surface area contributed by atoms with Gasteiger partial charge in [-0.15, -0.1) is 0 Å². The van der Waals surface area contributed by atoms with Crippen LogP contribution in [0.2, 0.25) is 0 Å². The van der Waals surface area contributed by atoms with E-state index in [9.17, 15) is 4.79 Å². The highest BCUT2D eigenvalue weighted by molar-refractivity contribution is 7.99. The van der Waals surface area contributed by atoms with Crippen molar-refractivity contribution in [1.29, 1.82) is 0 Å². The minimum Gasteiger partial charge on any atom is -0.399 e. The van der Waals surface area contributed by atoms with E-state index >= 15 is 0 Å². The summed E-state index contributed by atoms with van der Waals surface area (Å²) in [7, 11) is 0. The van der Waals surface area contributed by atoms with Crippen LogP contribution in [0.15, 0.2) is 29.4 Å². The Morgan fingerprint density at radius 1 is 1.47 bits per heavy atom. The fourth-order valence-electron chi connectivity index (χ4n) is 2.40. The second-order valence-corrected chi connectivity index (χ2v) is 5.82. The Morgan fingerprint density at radius 3 is 3.21 bits per heavy atom. The van der Waals surface area contributed by atoms with Gasteiger partial charge < -0.3 is 10.6 Å². The number of amides is 1. The van der Waals surface area contributed by atoms with Crippen LogP contribution >= 0.6 is 11.8 Å². The third-order valence-corrected chi connectivity index (χ3v) is 4.46. The highest BCUT2D eigenvalue weighted by Crippen LogP contribution is 2.22. The van der Waals surface area contributed by atoms with Gasteiger partial charge in [0.25, 0.3) is 5.91 Å². The normalized spacial score (nSPS) is 23.2. The third-order valence-electron chi connectivity index (χ3n) is 3.33. The molecule has 0 spiro atoms. The number of carbonyl (C=O) groups is 1. The molecule has 2 heterocycles. The molecule has 1 amide bonds. The Labute approximate surface area is 116 Å². The molecule has 5 nitrogen and oxygen atoms in total. The van der Waals surface area contributed by atoms with Gasteiger partial charge in [0.05, 0.1) is 0 Å². The fourth-order valence-corrected chi connectivity index (χ4v) is 3.46. The number of nitrogens with zero attached hydrogens (tertiary/aromatic N) is 2. The highest BCUT2D eigenvalue weighted by atomic mass is 32.2. The van der Waals surface area contributed by atoms with E-state index in [-0.39, 0.29) is 11.9 Å². The molecule has 0 aromatic heterocycles. The standard InChI is InChI=1S/C13H16N4OS/c14-10-4-1-3-9(7-10)12-15-16-13(18)11-8-19-6-2-5-17(11)12/h1,3-4,7,11H,2,5-6,8,14H2,(H,16,18). The number of carbonyl (C=O) groups excluding carboxylic acids is 1. The Hall–Kier alpha value is -1.69. The molecule has 0 aliphatic carbocycles. The Morgan fingerprint density at radius 2 is 2.37 bits per heavy atom. The van der Waals surface area contributed by atoms with Crippen molar-refractivity contribution < 1.29 is 4.79 Å². The first-order chi connectivity index (χ1) is 9.25. The number of hydrogen-bond donors (Lipinski definition) is 2. The van der Waals surface area contributed by atoms with E-state index in [0.29, 0.717) is 5.69 Å². The van der Waals surface area contributed by atoms with Crippen LogP contribution in [0.4, 0.5) is 5.69 Å². The number of anilines is 1. The maximum absolute atomic E-state index is 11.9. The zero-order valence-electron chi connectivity index (χ0n) is 10.5. The topological polar surface area (TPSA) is 70.7 Å². The summed E-state index contributed by atoms with van der Waals surface area (Å²) in [4.78, 5) is 14.0. The predicted molar refractivity (Wildman–Crippen MR) is 78.0 cm³/mol. The minimum atomic E-state index is -0.124. The Balaban J connectivity index is 1.97. The summed E-state index contributed by atoms with van der Waals surface area (Å²) in [5.74, 6) is 2.71. The third kappa shape index (κ3) is 2.40. The lowest BCUT2D eigenvalue weighted by Gasteiger charge is -2.34. The second kappa shape index (κ2) is 5.13. The number of nitrogen functional groups attached to an aromatic ring is 1. The van der Waals surface area contributed by atoms with Crippen molar-refractivity contribution in [3.8, 4) is 0 Å². The fraction of sp³-hybridized carbons (Fsp3) is 0.385. The van der Waals surface area contributed by atoms with Gasteiger partial charge in [-0.25, -0.2) is 5.43 Å². The first-order valence-corrected chi connectivity index (χ1v) is 7.49. The largest absolute Gasteiger partial charge is 0.399 e. The number of fused-ring (bicyclic) bond motifs is 1. The molecule has 1 atom stereocenters. The van der Waals surface area contributed by atoms with Gasteiger partial charge in [0.15, 0.2) is 5.84 Å². The number of nitrogens with two attached hydrogens (primary N) is 1. The van der Waals surface area contributed by atoms with E-state index < -0.39 is 0 Å². The van der Waals surface area contributed by atoms with Crippen molar-refractivity contribution in [3.63, 3.8) is 0 Å². The lowest BCUT2D eigenvalue weighted by Crippen LogP contribution is -2.54. The van der Waals surface area contributed by atoms with Crippen molar-refractivity contribution in [2.75, 3.05) is 23.8 Å². The van der Waals surface area contributed by atoms with E-state index in [2.05, 4.69) is 15.4 Å². The molecule has 100 valence electrons. The summed E-state index contributed by atoms with van der Waals surface area (Å²) in [5.41, 5.74) is 10.1. The number of hydrazone groups is 1. The first kappa shape index (κ1) is 12.3. The minimum absolute atomic E-state index is 0.0120. The average Bonchev–Trinajstić information content (AvgIpc) is 2.65. The van der Waals surface area contributed by atoms with Gasteiger partial charge in [0.2, 0.25) is 0 Å². The van der Waals surface area contributed by atoms with E-state index in [1.807, 2.05) is 36.0 Å². The number of amidine groups is 1. The molecule has 0 radical (unpaired) electrons. The molecule has 1 aromatic rings. The molecule has 6 heteroatoms. The molecule has 0 bridgehead atoms. The molecular formula is C13H16N4OS. The quantitative estimate of drug-likeness (QED) is 0.747. The summed E-state index contributed by atoms with van der Waals surface area (Å²) in [6.07, 6.45) is 1.07. The van der Waals surface area contributed by atoms with Gasteiger partial charge in [0.1, 0.15) is 6.04 Å². The van der Waals surface area contributed by atoms with E-state index in [1.54, 1.807) is 0 Å². The van der Waals surface area contributed by atoms with Crippen molar-refractivity contribution >= 4 is 29.2 Å². The summed E-state index contributed by atoms with van der Waals surface area (Å²) in [6.45, 7) is 0.860. The van der Waals surface area contributed by atoms with E-state index in [4.69, 9.17) is 5.73 Å². The Bertz CT molecular complexity index is 531. The molecule has 19 heavy (non-hydrogen) atoms. The summed E-state index contributed by atoms with van der Waals surface area (Å²) in [6, 6.07) is 7.50. The number of hydrogen-bond acceptors (Lipinski definition) is 5. The van der Waals surface area contributed by atoms with Crippen molar-refractivity contribution in [3.05, 3.63) is 29.8 Å². The van der Waals surface area contributed by atoms with Crippen molar-refractivity contribution in [2.45, 2.75) is 12.5 Å². The molecule has 1 saturated heterocycles. The summed E-state index contributed by atoms with van der Waals surface area (Å²) in [5, 5.41) is 4.23. The summed E-state index contributed by atoms with van der Waals surface area (Å²) >= 11 is 1.82. The van der Waals surface area contributed by atoms with Crippen LogP contribution in [0.5, 0.6) is 0 Å². The van der Waals surface area contributed by atoms with Crippen LogP contribution in [0.3, 0.4) is 0 Å². The van der Waals surface area contributed by atoms with Gasteiger partial charge in [0, 0.05) is 23.5 Å². The molecule has 1 aromatic carbocycles. The van der Waals surface area contributed by atoms with Gasteiger partial charge in [-0.2, -0.15) is 16.9 Å². The molecule has 2 aliphatic rings. The predicted octanol–water partition coefficient (Wildman–Crippen LogP) is 0.868. The molecular weight excluding hydrogens is 260 g/mol. The van der Waals surface area contributed by atoms with E-state index in [0.717, 1.165) is 35.9 Å². The molecule has 3 N–H and O–H groups in total. The zero-order valence-corrected chi connectivity index (χ0v) is 11.3. The van der Waals surface area contributed by atoms with Gasteiger partial charge in [-0.3, -0.25) is 4.79 Å². The number of nitrogens with one attached hydrogen (secondary N) is 1. The van der Waals surface area contributed by atoms with Crippen molar-refractivity contribution in [2.24, 2.45) is 5.10 Å². The lowest BCUT2D eigenvalue weighted by molar-refractivity contribution is -0.125. The van der Waals surface area contributed by atoms with Gasteiger partial charge in [-0.1, -0.05) is 12.1 Å². The van der Waals surface area contributed by atoms with Crippen LogP contribution < -0.4 is 11.2 Å². The zero-order chi connectivity index (χ0) is 13.2. The SMILES string of the molecule is Nc1cccc(C2=NNC(=O)C3CSCCCN23)c1. The first-order valence-electron chi connectivity index (χ1n) is 6.33. The average molecular weight is 276 g/mol.